The highest BCUT2D eigenvalue weighted by Gasteiger charge is 2.10. The third kappa shape index (κ3) is 3.35. The molecule has 81 valence electrons. The first-order chi connectivity index (χ1) is 7.00. The summed E-state index contributed by atoms with van der Waals surface area (Å²) in [6, 6.07) is 6.81. The highest BCUT2D eigenvalue weighted by atomic mass is 16.6. The molecule has 0 amide bonds. The Morgan fingerprint density at radius 3 is 2.27 bits per heavy atom. The highest BCUT2D eigenvalue weighted by molar-refractivity contribution is 5.34. The summed E-state index contributed by atoms with van der Waals surface area (Å²) in [5.74, 6) is 1.80. The van der Waals surface area contributed by atoms with Crippen LogP contribution in [0.5, 0.6) is 0 Å². The molecule has 1 radical (unpaired) electrons. The normalized spacial score (nSPS) is 12.8. The molecular weight excluding hydrogens is 190 g/mol. The first-order valence-electron chi connectivity index (χ1n) is 5.04. The average Bonchev–Trinajstić information content (AvgIpc) is 2.17. The van der Waals surface area contributed by atoms with Crippen molar-refractivity contribution in [1.82, 2.24) is 0 Å². The van der Waals surface area contributed by atoms with Crippen molar-refractivity contribution in [2.24, 2.45) is 0 Å². The minimum absolute atomic E-state index is 0.156. The smallest absolute Gasteiger partial charge is 0.258 e. The molecule has 3 nitrogen and oxygen atoms in total. The van der Waals surface area contributed by atoms with Crippen LogP contribution in [-0.4, -0.2) is 4.92 Å². The van der Waals surface area contributed by atoms with E-state index < -0.39 is 0 Å². The van der Waals surface area contributed by atoms with Gasteiger partial charge in [0.15, 0.2) is 0 Å². The second kappa shape index (κ2) is 4.91. The van der Waals surface area contributed by atoms with Crippen molar-refractivity contribution in [3.63, 3.8) is 0 Å². The van der Waals surface area contributed by atoms with Gasteiger partial charge in [0.1, 0.15) is 0 Å². The fraction of sp³-hybridized carbons (Fsp3) is 0.417. The Morgan fingerprint density at radius 1 is 1.33 bits per heavy atom. The predicted molar refractivity (Wildman–Crippen MR) is 60.7 cm³/mol. The molecule has 0 saturated heterocycles. The second-order valence-corrected chi connectivity index (χ2v) is 4.16. The van der Waals surface area contributed by atoms with E-state index in [-0.39, 0.29) is 10.6 Å². The molecule has 0 bridgehead atoms. The van der Waals surface area contributed by atoms with Gasteiger partial charge in [-0.05, 0) is 23.8 Å². The SMILES string of the molecule is C[C](C)C[C@@H](C)c1ccc([N+](=O)[O-])cc1. The molecule has 0 aliphatic carbocycles. The molecule has 0 aliphatic rings. The third-order valence-corrected chi connectivity index (χ3v) is 2.39. The van der Waals surface area contributed by atoms with Crippen LogP contribution in [0.4, 0.5) is 5.69 Å². The second-order valence-electron chi connectivity index (χ2n) is 4.16. The van der Waals surface area contributed by atoms with Crippen LogP contribution < -0.4 is 0 Å². The van der Waals surface area contributed by atoms with Gasteiger partial charge in [-0.3, -0.25) is 10.1 Å². The topological polar surface area (TPSA) is 43.1 Å². The molecule has 0 unspecified atom stereocenters. The molecule has 1 aromatic carbocycles. The minimum Gasteiger partial charge on any atom is -0.258 e. The van der Waals surface area contributed by atoms with Crippen LogP contribution in [0.3, 0.4) is 0 Å². The molecular formula is C12H16NO2. The van der Waals surface area contributed by atoms with Gasteiger partial charge in [-0.2, -0.15) is 0 Å². The molecule has 0 fully saturated rings. The zero-order chi connectivity index (χ0) is 11.4. The molecule has 0 aromatic heterocycles. The summed E-state index contributed by atoms with van der Waals surface area (Å²) >= 11 is 0. The summed E-state index contributed by atoms with van der Waals surface area (Å²) in [5, 5.41) is 10.5. The number of nitrogens with zero attached hydrogens (tertiary/aromatic N) is 1. The van der Waals surface area contributed by atoms with Crippen LogP contribution in [-0.2, 0) is 0 Å². The lowest BCUT2D eigenvalue weighted by atomic mass is 9.92. The van der Waals surface area contributed by atoms with E-state index in [1.54, 1.807) is 12.1 Å². The number of rotatable bonds is 4. The number of hydrogen-bond acceptors (Lipinski definition) is 2. The zero-order valence-electron chi connectivity index (χ0n) is 9.36. The van der Waals surface area contributed by atoms with Gasteiger partial charge in [0.05, 0.1) is 4.92 Å². The van der Waals surface area contributed by atoms with E-state index in [9.17, 15) is 10.1 Å². The van der Waals surface area contributed by atoms with Gasteiger partial charge in [0.25, 0.3) is 5.69 Å². The molecule has 1 aromatic rings. The van der Waals surface area contributed by atoms with Gasteiger partial charge >= 0.3 is 0 Å². The molecule has 15 heavy (non-hydrogen) atoms. The van der Waals surface area contributed by atoms with E-state index in [2.05, 4.69) is 20.8 Å². The summed E-state index contributed by atoms with van der Waals surface area (Å²) < 4.78 is 0. The monoisotopic (exact) mass is 206 g/mol. The number of benzene rings is 1. The van der Waals surface area contributed by atoms with Crippen LogP contribution in [0, 0.1) is 16.0 Å². The van der Waals surface area contributed by atoms with E-state index in [0.717, 1.165) is 12.0 Å². The van der Waals surface area contributed by atoms with Crippen molar-refractivity contribution in [1.29, 1.82) is 0 Å². The lowest BCUT2D eigenvalue weighted by Gasteiger charge is -2.13. The molecule has 1 rings (SSSR count). The fourth-order valence-corrected chi connectivity index (χ4v) is 1.65. The van der Waals surface area contributed by atoms with Crippen LogP contribution in [0.1, 0.15) is 38.7 Å². The van der Waals surface area contributed by atoms with E-state index in [1.165, 1.54) is 5.92 Å². The van der Waals surface area contributed by atoms with Crippen molar-refractivity contribution in [3.8, 4) is 0 Å². The molecule has 0 N–H and O–H groups in total. The number of hydrogen-bond donors (Lipinski definition) is 0. The summed E-state index contributed by atoms with van der Waals surface area (Å²) in [6.45, 7) is 6.33. The maximum atomic E-state index is 10.5. The van der Waals surface area contributed by atoms with Gasteiger partial charge < -0.3 is 0 Å². The Kier molecular flexibility index (Phi) is 3.83. The quantitative estimate of drug-likeness (QED) is 0.556. The number of nitro benzene ring substituents is 1. The van der Waals surface area contributed by atoms with Crippen LogP contribution in [0.25, 0.3) is 0 Å². The minimum atomic E-state index is -0.369. The lowest BCUT2D eigenvalue weighted by molar-refractivity contribution is -0.384. The molecule has 0 aliphatic heterocycles. The maximum Gasteiger partial charge on any atom is 0.269 e. The first kappa shape index (κ1) is 11.7. The van der Waals surface area contributed by atoms with E-state index in [4.69, 9.17) is 0 Å². The largest absolute Gasteiger partial charge is 0.269 e. The molecule has 0 heterocycles. The van der Waals surface area contributed by atoms with Crippen molar-refractivity contribution in [2.75, 3.05) is 0 Å². The standard InChI is InChI=1S/C12H16NO2/c1-9(2)8-10(3)11-4-6-12(7-5-11)13(14)15/h4-7,10H,8H2,1-3H3/t10-/m1/s1. The zero-order valence-corrected chi connectivity index (χ0v) is 9.36. The Bertz CT molecular complexity index is 330. The Morgan fingerprint density at radius 2 is 1.87 bits per heavy atom. The summed E-state index contributed by atoms with van der Waals surface area (Å²) in [5.41, 5.74) is 1.31. The first-order valence-corrected chi connectivity index (χ1v) is 5.04. The summed E-state index contributed by atoms with van der Waals surface area (Å²) in [4.78, 5) is 10.1. The Labute approximate surface area is 90.3 Å². The molecule has 1 atom stereocenters. The third-order valence-electron chi connectivity index (χ3n) is 2.39. The van der Waals surface area contributed by atoms with Gasteiger partial charge in [-0.15, -0.1) is 0 Å². The molecule has 0 spiro atoms. The Hall–Kier alpha value is -1.38. The van der Waals surface area contributed by atoms with E-state index in [0.29, 0.717) is 5.92 Å². The van der Waals surface area contributed by atoms with Crippen LogP contribution >= 0.6 is 0 Å². The van der Waals surface area contributed by atoms with Crippen LogP contribution in [0.2, 0.25) is 0 Å². The van der Waals surface area contributed by atoms with Crippen molar-refractivity contribution in [2.45, 2.75) is 33.1 Å². The predicted octanol–water partition coefficient (Wildman–Crippen LogP) is 3.70. The Balaban J connectivity index is 2.75. The van der Waals surface area contributed by atoms with Gasteiger partial charge in [-0.1, -0.05) is 32.9 Å². The van der Waals surface area contributed by atoms with Crippen molar-refractivity contribution < 1.29 is 4.92 Å². The van der Waals surface area contributed by atoms with Gasteiger partial charge in [0.2, 0.25) is 0 Å². The summed E-state index contributed by atoms with van der Waals surface area (Å²) in [6.07, 6.45) is 1.03. The van der Waals surface area contributed by atoms with Crippen LogP contribution in [0.15, 0.2) is 24.3 Å². The van der Waals surface area contributed by atoms with E-state index in [1.807, 2.05) is 12.1 Å². The molecule has 3 heteroatoms. The van der Waals surface area contributed by atoms with Crippen molar-refractivity contribution in [3.05, 3.63) is 45.9 Å². The lowest BCUT2D eigenvalue weighted by Crippen LogP contribution is -1.97. The maximum absolute atomic E-state index is 10.5. The highest BCUT2D eigenvalue weighted by Crippen LogP contribution is 2.25. The van der Waals surface area contributed by atoms with Gasteiger partial charge in [-0.25, -0.2) is 0 Å². The summed E-state index contributed by atoms with van der Waals surface area (Å²) in [7, 11) is 0. The van der Waals surface area contributed by atoms with E-state index >= 15 is 0 Å². The average molecular weight is 206 g/mol. The number of nitro groups is 1. The molecule has 0 saturated carbocycles. The van der Waals surface area contributed by atoms with Crippen molar-refractivity contribution >= 4 is 5.69 Å². The van der Waals surface area contributed by atoms with Gasteiger partial charge in [0, 0.05) is 12.1 Å². The number of non-ortho nitro benzene ring substituents is 1. The fourth-order valence-electron chi connectivity index (χ4n) is 1.65.